The maximum atomic E-state index is 12.9. The van der Waals surface area contributed by atoms with Crippen molar-refractivity contribution >= 4 is 17.9 Å². The molecule has 0 aromatic carbocycles. The van der Waals surface area contributed by atoms with Crippen molar-refractivity contribution in [1.82, 2.24) is 0 Å². The molecule has 0 rings (SSSR count). The van der Waals surface area contributed by atoms with Gasteiger partial charge in [0.05, 0.1) is 0 Å². The van der Waals surface area contributed by atoms with Gasteiger partial charge in [-0.3, -0.25) is 14.4 Å². The SMILES string of the molecule is CCCC/C=C\CCCCCCCC(=O)OCC(COC(=O)CCCCCCCCCCCCCCCCC/C=C\C/C=C\CCCCCCC)OC(=O)CCCCCCCCCCCCCCCCCCC. The van der Waals surface area contributed by atoms with E-state index < -0.39 is 6.10 Å². The lowest BCUT2D eigenvalue weighted by Crippen LogP contribution is -2.30. The van der Waals surface area contributed by atoms with Gasteiger partial charge in [-0.05, 0) is 70.6 Å². The van der Waals surface area contributed by atoms with Crippen LogP contribution in [0.2, 0.25) is 0 Å². The lowest BCUT2D eigenvalue weighted by atomic mass is 10.0. The molecule has 6 heteroatoms. The molecule has 0 bridgehead atoms. The minimum atomic E-state index is -0.772. The smallest absolute Gasteiger partial charge is 0.306 e. The molecule has 0 heterocycles. The zero-order chi connectivity index (χ0) is 52.9. The van der Waals surface area contributed by atoms with Crippen LogP contribution in [0.4, 0.5) is 0 Å². The van der Waals surface area contributed by atoms with E-state index in [-0.39, 0.29) is 31.1 Å². The van der Waals surface area contributed by atoms with Crippen molar-refractivity contribution in [2.45, 2.75) is 361 Å². The zero-order valence-electron chi connectivity index (χ0n) is 49.2. The van der Waals surface area contributed by atoms with Gasteiger partial charge >= 0.3 is 17.9 Å². The molecule has 0 saturated heterocycles. The number of allylic oxidation sites excluding steroid dienone is 6. The van der Waals surface area contributed by atoms with Gasteiger partial charge in [-0.15, -0.1) is 0 Å². The molecule has 6 nitrogen and oxygen atoms in total. The largest absolute Gasteiger partial charge is 0.462 e. The van der Waals surface area contributed by atoms with Gasteiger partial charge in [-0.1, -0.05) is 301 Å². The fraction of sp³-hybridized carbons (Fsp3) is 0.866. The summed E-state index contributed by atoms with van der Waals surface area (Å²) < 4.78 is 16.9. The molecular weight excluding hydrogens is 901 g/mol. The lowest BCUT2D eigenvalue weighted by Gasteiger charge is -2.18. The van der Waals surface area contributed by atoms with E-state index in [1.54, 1.807) is 0 Å². The summed E-state index contributed by atoms with van der Waals surface area (Å²) in [6.07, 6.45) is 75.9. The Morgan fingerprint density at radius 1 is 0.274 bits per heavy atom. The van der Waals surface area contributed by atoms with Crippen LogP contribution in [-0.2, 0) is 28.6 Å². The highest BCUT2D eigenvalue weighted by atomic mass is 16.6. The van der Waals surface area contributed by atoms with Gasteiger partial charge in [-0.2, -0.15) is 0 Å². The van der Waals surface area contributed by atoms with E-state index in [4.69, 9.17) is 14.2 Å². The van der Waals surface area contributed by atoms with Gasteiger partial charge in [-0.25, -0.2) is 0 Å². The van der Waals surface area contributed by atoms with Crippen LogP contribution in [0.15, 0.2) is 36.5 Å². The molecule has 0 radical (unpaired) electrons. The van der Waals surface area contributed by atoms with E-state index in [0.717, 1.165) is 70.6 Å². The molecule has 0 spiro atoms. The first-order chi connectivity index (χ1) is 36.0. The summed E-state index contributed by atoms with van der Waals surface area (Å²) in [6.45, 7) is 6.64. The van der Waals surface area contributed by atoms with Gasteiger partial charge in [0.2, 0.25) is 0 Å². The van der Waals surface area contributed by atoms with E-state index in [1.165, 1.54) is 244 Å². The molecule has 1 atom stereocenters. The van der Waals surface area contributed by atoms with Crippen LogP contribution >= 0.6 is 0 Å². The summed E-state index contributed by atoms with van der Waals surface area (Å²) in [5.41, 5.74) is 0. The number of carbonyl (C=O) groups excluding carboxylic acids is 3. The Balaban J connectivity index is 4.17. The highest BCUT2D eigenvalue weighted by Gasteiger charge is 2.19. The number of ether oxygens (including phenoxy) is 3. The molecule has 0 aliphatic heterocycles. The monoisotopic (exact) mass is 1020 g/mol. The van der Waals surface area contributed by atoms with E-state index in [1.807, 2.05) is 0 Å². The second-order valence-electron chi connectivity index (χ2n) is 22.0. The van der Waals surface area contributed by atoms with Crippen LogP contribution in [-0.4, -0.2) is 37.2 Å². The van der Waals surface area contributed by atoms with E-state index in [9.17, 15) is 14.4 Å². The van der Waals surface area contributed by atoms with Crippen LogP contribution in [0.25, 0.3) is 0 Å². The van der Waals surface area contributed by atoms with E-state index in [0.29, 0.717) is 19.3 Å². The number of unbranched alkanes of at least 4 members (excludes halogenated alkanes) is 43. The molecule has 0 N–H and O–H groups in total. The second-order valence-corrected chi connectivity index (χ2v) is 22.0. The van der Waals surface area contributed by atoms with Crippen LogP contribution in [0.1, 0.15) is 355 Å². The third kappa shape index (κ3) is 60.4. The van der Waals surface area contributed by atoms with Gasteiger partial charge in [0.15, 0.2) is 6.10 Å². The van der Waals surface area contributed by atoms with Crippen molar-refractivity contribution < 1.29 is 28.6 Å². The Kier molecular flexibility index (Phi) is 60.2. The number of esters is 3. The number of hydrogen-bond donors (Lipinski definition) is 0. The Labute approximate surface area is 455 Å². The van der Waals surface area contributed by atoms with Crippen molar-refractivity contribution in [1.29, 1.82) is 0 Å². The highest BCUT2D eigenvalue weighted by Crippen LogP contribution is 2.18. The number of rotatable bonds is 60. The highest BCUT2D eigenvalue weighted by molar-refractivity contribution is 5.71. The lowest BCUT2D eigenvalue weighted by molar-refractivity contribution is -0.167. The summed E-state index contributed by atoms with van der Waals surface area (Å²) in [7, 11) is 0. The van der Waals surface area contributed by atoms with Crippen molar-refractivity contribution in [3.8, 4) is 0 Å². The Morgan fingerprint density at radius 3 is 0.808 bits per heavy atom. The first-order valence-electron chi connectivity index (χ1n) is 32.5. The van der Waals surface area contributed by atoms with Crippen molar-refractivity contribution in [3.05, 3.63) is 36.5 Å². The Bertz CT molecular complexity index is 1220. The minimum Gasteiger partial charge on any atom is -0.462 e. The summed E-state index contributed by atoms with van der Waals surface area (Å²) in [6, 6.07) is 0. The van der Waals surface area contributed by atoms with Gasteiger partial charge in [0.1, 0.15) is 13.2 Å². The fourth-order valence-corrected chi connectivity index (χ4v) is 9.69. The predicted molar refractivity (Wildman–Crippen MR) is 316 cm³/mol. The van der Waals surface area contributed by atoms with Crippen molar-refractivity contribution in [3.63, 3.8) is 0 Å². The van der Waals surface area contributed by atoms with Gasteiger partial charge in [0.25, 0.3) is 0 Å². The summed E-state index contributed by atoms with van der Waals surface area (Å²) in [5.74, 6) is -0.857. The molecular formula is C67H124O6. The first-order valence-corrected chi connectivity index (χ1v) is 32.5. The van der Waals surface area contributed by atoms with Crippen LogP contribution < -0.4 is 0 Å². The Hall–Kier alpha value is -2.37. The molecule has 0 saturated carbocycles. The molecule has 0 aromatic rings. The van der Waals surface area contributed by atoms with Crippen molar-refractivity contribution in [2.75, 3.05) is 13.2 Å². The van der Waals surface area contributed by atoms with E-state index >= 15 is 0 Å². The molecule has 1 unspecified atom stereocenters. The summed E-state index contributed by atoms with van der Waals surface area (Å²) in [4.78, 5) is 38.2. The molecule has 0 fully saturated rings. The first kappa shape index (κ1) is 70.6. The molecule has 0 aliphatic carbocycles. The summed E-state index contributed by atoms with van der Waals surface area (Å²) in [5, 5.41) is 0. The van der Waals surface area contributed by atoms with Crippen molar-refractivity contribution in [2.24, 2.45) is 0 Å². The van der Waals surface area contributed by atoms with Crippen LogP contribution in [0.3, 0.4) is 0 Å². The molecule has 0 amide bonds. The standard InChI is InChI=1S/C67H124O6/c1-4-7-10-13-16-19-22-24-26-28-29-30-31-32-33-34-35-36-37-39-40-42-45-48-51-54-57-60-66(69)72-63-64(62-71-65(68)59-56-53-50-47-44-21-18-15-12-9-6-3)73-67(70)61-58-55-52-49-46-43-41-38-27-25-23-20-17-14-11-8-5-2/h15,18,22,24,28-29,64H,4-14,16-17,19-21,23,25-27,30-63H2,1-3H3/b18-15-,24-22-,29-28-. The molecule has 0 aromatic heterocycles. The van der Waals surface area contributed by atoms with E-state index in [2.05, 4.69) is 57.2 Å². The third-order valence-corrected chi connectivity index (χ3v) is 14.6. The predicted octanol–water partition coefficient (Wildman–Crippen LogP) is 22.0. The number of hydrogen-bond acceptors (Lipinski definition) is 6. The third-order valence-electron chi connectivity index (χ3n) is 14.6. The van der Waals surface area contributed by atoms with Crippen LogP contribution in [0, 0.1) is 0 Å². The molecule has 428 valence electrons. The normalized spacial score (nSPS) is 12.2. The molecule has 73 heavy (non-hydrogen) atoms. The van der Waals surface area contributed by atoms with Crippen LogP contribution in [0.5, 0.6) is 0 Å². The minimum absolute atomic E-state index is 0.0700. The van der Waals surface area contributed by atoms with Gasteiger partial charge < -0.3 is 14.2 Å². The topological polar surface area (TPSA) is 78.9 Å². The average Bonchev–Trinajstić information content (AvgIpc) is 3.39. The maximum absolute atomic E-state index is 12.9. The van der Waals surface area contributed by atoms with Gasteiger partial charge in [0, 0.05) is 19.3 Å². The number of carbonyl (C=O) groups is 3. The summed E-state index contributed by atoms with van der Waals surface area (Å²) >= 11 is 0. The second kappa shape index (κ2) is 62.2. The Morgan fingerprint density at radius 2 is 0.507 bits per heavy atom. The average molecular weight is 1030 g/mol. The molecule has 0 aliphatic rings. The zero-order valence-corrected chi connectivity index (χ0v) is 49.2. The quantitative estimate of drug-likeness (QED) is 0.0261. The fourth-order valence-electron chi connectivity index (χ4n) is 9.69. The maximum Gasteiger partial charge on any atom is 0.306 e.